The van der Waals surface area contributed by atoms with Gasteiger partial charge in [0.1, 0.15) is 5.75 Å². The van der Waals surface area contributed by atoms with Gasteiger partial charge in [-0.15, -0.1) is 24.0 Å². The van der Waals surface area contributed by atoms with Crippen LogP contribution < -0.4 is 15.4 Å². The minimum atomic E-state index is -3.11. The second-order valence-electron chi connectivity index (χ2n) is 8.49. The van der Waals surface area contributed by atoms with Gasteiger partial charge in [0.2, 0.25) is 10.0 Å². The number of halogens is 1. The number of rotatable bonds is 10. The first-order chi connectivity index (χ1) is 14.2. The van der Waals surface area contributed by atoms with Gasteiger partial charge >= 0.3 is 0 Å². The van der Waals surface area contributed by atoms with Crippen molar-refractivity contribution >= 4 is 40.0 Å². The van der Waals surface area contributed by atoms with Gasteiger partial charge in [0.25, 0.3) is 0 Å². The highest BCUT2D eigenvalue weighted by Crippen LogP contribution is 2.22. The van der Waals surface area contributed by atoms with Crippen molar-refractivity contribution in [2.45, 2.75) is 47.1 Å². The van der Waals surface area contributed by atoms with E-state index in [9.17, 15) is 8.42 Å². The Morgan fingerprint density at radius 1 is 1.32 bits per heavy atom. The molecule has 7 nitrogen and oxygen atoms in total. The highest BCUT2D eigenvalue weighted by atomic mass is 127. The average Bonchev–Trinajstić information content (AvgIpc) is 3.14. The van der Waals surface area contributed by atoms with E-state index in [2.05, 4.69) is 49.6 Å². The zero-order chi connectivity index (χ0) is 22.1. The maximum absolute atomic E-state index is 11.7. The van der Waals surface area contributed by atoms with Crippen molar-refractivity contribution in [1.82, 2.24) is 14.9 Å². The lowest BCUT2D eigenvalue weighted by Crippen LogP contribution is -2.40. The van der Waals surface area contributed by atoms with Crippen molar-refractivity contribution in [3.8, 4) is 5.75 Å². The first-order valence-electron chi connectivity index (χ1n) is 10.9. The van der Waals surface area contributed by atoms with E-state index in [1.165, 1.54) is 11.8 Å². The van der Waals surface area contributed by atoms with Crippen molar-refractivity contribution < 1.29 is 13.2 Å². The number of nitrogens with one attached hydrogen (secondary N) is 2. The van der Waals surface area contributed by atoms with Gasteiger partial charge in [0.15, 0.2) is 5.96 Å². The van der Waals surface area contributed by atoms with Crippen molar-refractivity contribution in [2.24, 2.45) is 16.8 Å². The van der Waals surface area contributed by atoms with Gasteiger partial charge in [-0.25, -0.2) is 17.7 Å². The molecule has 1 unspecified atom stereocenters. The van der Waals surface area contributed by atoms with Crippen LogP contribution in [0.15, 0.2) is 23.2 Å². The van der Waals surface area contributed by atoms with Gasteiger partial charge in [-0.3, -0.25) is 0 Å². The molecule has 0 amide bonds. The predicted octanol–water partition coefficient (Wildman–Crippen LogP) is 3.37. The molecule has 31 heavy (non-hydrogen) atoms. The topological polar surface area (TPSA) is 83.0 Å². The second-order valence-corrected chi connectivity index (χ2v) is 10.5. The Morgan fingerprint density at radius 2 is 2.06 bits per heavy atom. The molecule has 1 aromatic carbocycles. The number of sulfonamides is 1. The highest BCUT2D eigenvalue weighted by Gasteiger charge is 2.28. The maximum Gasteiger partial charge on any atom is 0.211 e. The molecular weight excluding hydrogens is 527 g/mol. The van der Waals surface area contributed by atoms with Gasteiger partial charge in [-0.05, 0) is 50.2 Å². The molecule has 1 heterocycles. The molecule has 0 radical (unpaired) electrons. The quantitative estimate of drug-likeness (QED) is 0.258. The average molecular weight is 567 g/mol. The molecule has 178 valence electrons. The van der Waals surface area contributed by atoms with Crippen molar-refractivity contribution in [1.29, 1.82) is 0 Å². The number of hydrogen-bond donors (Lipinski definition) is 2. The molecule has 0 spiro atoms. The van der Waals surface area contributed by atoms with E-state index < -0.39 is 10.0 Å². The van der Waals surface area contributed by atoms with E-state index in [-0.39, 0.29) is 29.9 Å². The summed E-state index contributed by atoms with van der Waals surface area (Å²) in [6, 6.07) is 6.23. The molecule has 0 bridgehead atoms. The van der Waals surface area contributed by atoms with Crippen molar-refractivity contribution in [2.75, 3.05) is 39.0 Å². The van der Waals surface area contributed by atoms with E-state index in [4.69, 9.17) is 9.73 Å². The normalized spacial score (nSPS) is 17.5. The maximum atomic E-state index is 11.7. The van der Waals surface area contributed by atoms with Crippen LogP contribution in [-0.4, -0.2) is 57.7 Å². The summed E-state index contributed by atoms with van der Waals surface area (Å²) in [4.78, 5) is 4.73. The predicted molar refractivity (Wildman–Crippen MR) is 139 cm³/mol. The van der Waals surface area contributed by atoms with Gasteiger partial charge in [-0.1, -0.05) is 26.0 Å². The molecule has 1 aromatic rings. The number of benzene rings is 1. The van der Waals surface area contributed by atoms with Crippen LogP contribution in [0.5, 0.6) is 5.75 Å². The number of ether oxygens (including phenoxy) is 1. The molecule has 2 rings (SSSR count). The lowest BCUT2D eigenvalue weighted by molar-refractivity contribution is 0.287. The Labute approximate surface area is 205 Å². The Morgan fingerprint density at radius 3 is 2.68 bits per heavy atom. The third-order valence-electron chi connectivity index (χ3n) is 5.20. The van der Waals surface area contributed by atoms with Crippen molar-refractivity contribution in [3.63, 3.8) is 0 Å². The summed E-state index contributed by atoms with van der Waals surface area (Å²) in [6.07, 6.45) is 3.16. The fourth-order valence-electron chi connectivity index (χ4n) is 3.34. The number of hydrogen-bond acceptors (Lipinski definition) is 4. The van der Waals surface area contributed by atoms with Crippen LogP contribution in [0.4, 0.5) is 0 Å². The van der Waals surface area contributed by atoms with Crippen LogP contribution in [0.25, 0.3) is 0 Å². The number of aryl methyl sites for hydroxylation is 1. The summed E-state index contributed by atoms with van der Waals surface area (Å²) < 4.78 is 31.0. The third-order valence-corrected chi connectivity index (χ3v) is 6.47. The van der Waals surface area contributed by atoms with Crippen LogP contribution in [0, 0.1) is 18.8 Å². The molecule has 0 saturated carbocycles. The Kier molecular flexibility index (Phi) is 12.2. The lowest BCUT2D eigenvalue weighted by Gasteiger charge is -2.17. The SMILES string of the molecule is CCNC(=NCc1ccc(C)cc1OCCC(C)C)NCC1CCN(S(C)(=O)=O)C1.I. The summed E-state index contributed by atoms with van der Waals surface area (Å²) in [5.74, 6) is 2.53. The van der Waals surface area contributed by atoms with Crippen LogP contribution in [0.1, 0.15) is 44.7 Å². The molecule has 1 aliphatic heterocycles. The van der Waals surface area contributed by atoms with Gasteiger partial charge in [0.05, 0.1) is 19.4 Å². The molecule has 1 atom stereocenters. The van der Waals surface area contributed by atoms with E-state index in [0.29, 0.717) is 38.7 Å². The molecule has 1 aliphatic rings. The summed E-state index contributed by atoms with van der Waals surface area (Å²) in [7, 11) is -3.11. The highest BCUT2D eigenvalue weighted by molar-refractivity contribution is 14.0. The third kappa shape index (κ3) is 9.95. The molecule has 1 saturated heterocycles. The number of guanidine groups is 1. The first kappa shape index (κ1) is 28.0. The minimum Gasteiger partial charge on any atom is -0.493 e. The summed E-state index contributed by atoms with van der Waals surface area (Å²) in [5.41, 5.74) is 2.23. The standard InChI is InChI=1S/C22H38N4O3S.HI/c1-6-23-22(24-14-19-9-11-26(16-19)30(5,27)28)25-15-20-8-7-18(4)13-21(20)29-12-10-17(2)3;/h7-8,13,17,19H,6,9-12,14-16H2,1-5H3,(H2,23,24,25);1H. The molecule has 9 heteroatoms. The zero-order valence-electron chi connectivity index (χ0n) is 19.5. The van der Waals surface area contributed by atoms with E-state index in [1.54, 1.807) is 4.31 Å². The molecule has 0 aliphatic carbocycles. The Balaban J connectivity index is 0.00000480. The van der Waals surface area contributed by atoms with E-state index >= 15 is 0 Å². The summed E-state index contributed by atoms with van der Waals surface area (Å²) in [5, 5.41) is 6.64. The van der Waals surface area contributed by atoms with Gasteiger partial charge < -0.3 is 15.4 Å². The van der Waals surface area contributed by atoms with Crippen molar-refractivity contribution in [3.05, 3.63) is 29.3 Å². The van der Waals surface area contributed by atoms with Crippen LogP contribution >= 0.6 is 24.0 Å². The second kappa shape index (κ2) is 13.5. The van der Waals surface area contributed by atoms with E-state index in [1.807, 2.05) is 6.92 Å². The van der Waals surface area contributed by atoms with Gasteiger partial charge in [-0.2, -0.15) is 0 Å². The fourth-order valence-corrected chi connectivity index (χ4v) is 4.26. The van der Waals surface area contributed by atoms with Crippen LogP contribution in [0.2, 0.25) is 0 Å². The molecule has 2 N–H and O–H groups in total. The zero-order valence-corrected chi connectivity index (χ0v) is 22.6. The Hall–Kier alpha value is -1.07. The molecular formula is C22H39IN4O3S. The minimum absolute atomic E-state index is 0. The van der Waals surface area contributed by atoms with Crippen LogP contribution in [-0.2, 0) is 16.6 Å². The number of nitrogens with zero attached hydrogens (tertiary/aromatic N) is 2. The lowest BCUT2D eigenvalue weighted by atomic mass is 10.1. The Bertz CT molecular complexity index is 815. The largest absolute Gasteiger partial charge is 0.493 e. The number of aliphatic imine (C=N–C) groups is 1. The first-order valence-corrected chi connectivity index (χ1v) is 12.7. The summed E-state index contributed by atoms with van der Waals surface area (Å²) in [6.45, 7) is 12.3. The molecule has 1 fully saturated rings. The fraction of sp³-hybridized carbons (Fsp3) is 0.682. The summed E-state index contributed by atoms with van der Waals surface area (Å²) >= 11 is 0. The molecule has 0 aromatic heterocycles. The smallest absolute Gasteiger partial charge is 0.211 e. The van der Waals surface area contributed by atoms with E-state index in [0.717, 1.165) is 36.7 Å². The van der Waals surface area contributed by atoms with Crippen LogP contribution in [0.3, 0.4) is 0 Å². The monoisotopic (exact) mass is 566 g/mol. The van der Waals surface area contributed by atoms with Gasteiger partial charge in [0, 0.05) is 31.7 Å².